The van der Waals surface area contributed by atoms with Crippen molar-refractivity contribution in [3.63, 3.8) is 0 Å². The van der Waals surface area contributed by atoms with E-state index in [1.165, 1.54) is 6.92 Å². The molecule has 0 aliphatic carbocycles. The van der Waals surface area contributed by atoms with Crippen molar-refractivity contribution < 1.29 is 34.2 Å². The summed E-state index contributed by atoms with van der Waals surface area (Å²) in [5.41, 5.74) is 20.9. The first kappa shape index (κ1) is 28.5. The lowest BCUT2D eigenvalue weighted by atomic mass is 10.1. The van der Waals surface area contributed by atoms with Crippen LogP contribution in [0.3, 0.4) is 0 Å². The lowest BCUT2D eigenvalue weighted by Crippen LogP contribution is -2.56. The molecule has 0 saturated carbocycles. The van der Waals surface area contributed by atoms with Crippen LogP contribution in [0.1, 0.15) is 32.6 Å². The maximum Gasteiger partial charge on any atom is 0.326 e. The number of aliphatic hydroxyl groups is 1. The van der Waals surface area contributed by atoms with Gasteiger partial charge in [-0.05, 0) is 26.2 Å². The quantitative estimate of drug-likeness (QED) is 0.0638. The second-order valence-electron chi connectivity index (χ2n) is 6.93. The number of carbonyl (C=O) groups is 5. The third-order valence-electron chi connectivity index (χ3n) is 4.16. The highest BCUT2D eigenvalue weighted by Gasteiger charge is 2.28. The van der Waals surface area contributed by atoms with E-state index in [1.807, 2.05) is 0 Å². The third-order valence-corrected chi connectivity index (χ3v) is 4.16. The van der Waals surface area contributed by atoms with Gasteiger partial charge in [-0.2, -0.15) is 0 Å². The van der Waals surface area contributed by atoms with Crippen molar-refractivity contribution in [1.82, 2.24) is 16.0 Å². The molecule has 0 fully saturated rings. The SMILES string of the molecule is CC(NC(=O)C(N)CO)C(=O)NC(CCCN=C(N)N)C(=O)NC(CCC(N)=O)C(=O)O. The molecule has 13 N–H and O–H groups in total. The molecule has 4 amide bonds. The molecule has 0 radical (unpaired) electrons. The first-order valence-corrected chi connectivity index (χ1v) is 9.73. The topological polar surface area (TPSA) is 278 Å². The maximum absolute atomic E-state index is 12.6. The standard InChI is InChI=1S/C17H32N8O7/c1-8(23-14(29)9(18)7-26)13(28)24-10(3-2-6-22-17(20)21)15(30)25-11(16(31)32)4-5-12(19)27/h8-11,26H,2-7,18H2,1H3,(H2,19,27)(H,23,29)(H,24,28)(H,25,30)(H,31,32)(H4,20,21,22). The monoisotopic (exact) mass is 460 g/mol. The van der Waals surface area contributed by atoms with Gasteiger partial charge in [0.05, 0.1) is 6.61 Å². The van der Waals surface area contributed by atoms with Crippen LogP contribution in [0.2, 0.25) is 0 Å². The van der Waals surface area contributed by atoms with E-state index in [-0.39, 0.29) is 38.2 Å². The molecule has 0 saturated heterocycles. The lowest BCUT2D eigenvalue weighted by Gasteiger charge is -2.23. The fraction of sp³-hybridized carbons (Fsp3) is 0.647. The fourth-order valence-electron chi connectivity index (χ4n) is 2.35. The van der Waals surface area contributed by atoms with Crippen molar-refractivity contribution in [2.45, 2.75) is 56.8 Å². The summed E-state index contributed by atoms with van der Waals surface area (Å²) in [6, 6.07) is -4.95. The number of aliphatic imine (C=N–C) groups is 1. The summed E-state index contributed by atoms with van der Waals surface area (Å²) in [6.45, 7) is 0.847. The van der Waals surface area contributed by atoms with E-state index in [0.29, 0.717) is 0 Å². The molecule has 0 aromatic heterocycles. The predicted octanol–water partition coefficient (Wildman–Crippen LogP) is -4.82. The Morgan fingerprint density at radius 3 is 2.00 bits per heavy atom. The fourth-order valence-corrected chi connectivity index (χ4v) is 2.35. The van der Waals surface area contributed by atoms with Crippen molar-refractivity contribution in [2.75, 3.05) is 13.2 Å². The smallest absolute Gasteiger partial charge is 0.326 e. The molecule has 182 valence electrons. The number of carbonyl (C=O) groups excluding carboxylic acids is 4. The maximum atomic E-state index is 12.6. The van der Waals surface area contributed by atoms with E-state index < -0.39 is 60.4 Å². The second kappa shape index (κ2) is 14.5. The lowest BCUT2D eigenvalue weighted by molar-refractivity contribution is -0.142. The molecule has 4 atom stereocenters. The molecule has 0 aliphatic rings. The number of primary amides is 1. The molecule has 4 unspecified atom stereocenters. The Hall–Kier alpha value is -3.46. The van der Waals surface area contributed by atoms with E-state index in [4.69, 9.17) is 28.0 Å². The van der Waals surface area contributed by atoms with Gasteiger partial charge in [-0.3, -0.25) is 24.2 Å². The molecule has 15 heteroatoms. The zero-order valence-corrected chi connectivity index (χ0v) is 17.7. The number of hydrogen-bond acceptors (Lipinski definition) is 8. The first-order valence-electron chi connectivity index (χ1n) is 9.73. The van der Waals surface area contributed by atoms with E-state index in [2.05, 4.69) is 20.9 Å². The van der Waals surface area contributed by atoms with Crippen LogP contribution in [0, 0.1) is 0 Å². The van der Waals surface area contributed by atoms with Gasteiger partial charge in [-0.25, -0.2) is 4.79 Å². The summed E-state index contributed by atoms with van der Waals surface area (Å²) < 4.78 is 0. The van der Waals surface area contributed by atoms with Crippen LogP contribution >= 0.6 is 0 Å². The zero-order valence-electron chi connectivity index (χ0n) is 17.7. The van der Waals surface area contributed by atoms with Gasteiger partial charge in [0.15, 0.2) is 5.96 Å². The molecule has 32 heavy (non-hydrogen) atoms. The molecule has 0 aliphatic heterocycles. The number of amides is 4. The van der Waals surface area contributed by atoms with Gasteiger partial charge in [0.2, 0.25) is 23.6 Å². The molecular weight excluding hydrogens is 428 g/mol. The van der Waals surface area contributed by atoms with Gasteiger partial charge in [0.1, 0.15) is 24.2 Å². The van der Waals surface area contributed by atoms with Crippen LogP contribution in [0.5, 0.6) is 0 Å². The zero-order chi connectivity index (χ0) is 24.8. The normalized spacial score (nSPS) is 14.2. The number of nitrogens with two attached hydrogens (primary N) is 4. The largest absolute Gasteiger partial charge is 0.480 e. The number of aliphatic carboxylic acids is 1. The van der Waals surface area contributed by atoms with Crippen LogP contribution in [0.25, 0.3) is 0 Å². The van der Waals surface area contributed by atoms with Crippen molar-refractivity contribution in [3.05, 3.63) is 0 Å². The first-order chi connectivity index (χ1) is 14.9. The van der Waals surface area contributed by atoms with Crippen molar-refractivity contribution in [2.24, 2.45) is 27.9 Å². The average Bonchev–Trinajstić information content (AvgIpc) is 2.71. The van der Waals surface area contributed by atoms with Crippen molar-refractivity contribution >= 4 is 35.6 Å². The van der Waals surface area contributed by atoms with Crippen LogP contribution in [-0.4, -0.2) is 83.1 Å². The average molecular weight is 460 g/mol. The molecule has 0 rings (SSSR count). The summed E-state index contributed by atoms with van der Waals surface area (Å²) in [7, 11) is 0. The van der Waals surface area contributed by atoms with Crippen LogP contribution < -0.4 is 38.9 Å². The summed E-state index contributed by atoms with van der Waals surface area (Å²) in [6.07, 6.45) is -0.220. The summed E-state index contributed by atoms with van der Waals surface area (Å²) in [4.78, 5) is 62.8. The Bertz CT molecular complexity index is 711. The highest BCUT2D eigenvalue weighted by molar-refractivity contribution is 5.94. The molecule has 15 nitrogen and oxygen atoms in total. The number of carboxylic acid groups (broad SMARTS) is 1. The number of carboxylic acids is 1. The van der Waals surface area contributed by atoms with E-state index in [9.17, 15) is 29.1 Å². The van der Waals surface area contributed by atoms with Crippen LogP contribution in [-0.2, 0) is 24.0 Å². The van der Waals surface area contributed by atoms with Crippen molar-refractivity contribution in [1.29, 1.82) is 0 Å². The highest BCUT2D eigenvalue weighted by atomic mass is 16.4. The minimum absolute atomic E-state index is 0.0351. The number of guanidine groups is 1. The third kappa shape index (κ3) is 11.7. The van der Waals surface area contributed by atoms with Crippen molar-refractivity contribution in [3.8, 4) is 0 Å². The van der Waals surface area contributed by atoms with E-state index >= 15 is 0 Å². The molecule has 0 spiro atoms. The highest BCUT2D eigenvalue weighted by Crippen LogP contribution is 2.04. The Morgan fingerprint density at radius 2 is 1.50 bits per heavy atom. The molecule has 0 aromatic carbocycles. The van der Waals surface area contributed by atoms with Gasteiger partial charge in [0, 0.05) is 13.0 Å². The number of aliphatic hydroxyl groups excluding tert-OH is 1. The number of rotatable bonds is 15. The molecular formula is C17H32N8O7. The van der Waals surface area contributed by atoms with Gasteiger partial charge in [-0.1, -0.05) is 0 Å². The number of nitrogens with zero attached hydrogens (tertiary/aromatic N) is 1. The Balaban J connectivity index is 5.25. The Kier molecular flexibility index (Phi) is 13.0. The van der Waals surface area contributed by atoms with Gasteiger partial charge >= 0.3 is 5.97 Å². The second-order valence-corrected chi connectivity index (χ2v) is 6.93. The summed E-state index contributed by atoms with van der Waals surface area (Å²) >= 11 is 0. The minimum atomic E-state index is -1.41. The van der Waals surface area contributed by atoms with Gasteiger partial charge in [0.25, 0.3) is 0 Å². The van der Waals surface area contributed by atoms with Gasteiger partial charge < -0.3 is 49.1 Å². The Morgan fingerprint density at radius 1 is 0.906 bits per heavy atom. The summed E-state index contributed by atoms with van der Waals surface area (Å²) in [5.74, 6) is -4.65. The number of nitrogens with one attached hydrogen (secondary N) is 3. The van der Waals surface area contributed by atoms with Crippen LogP contribution in [0.15, 0.2) is 4.99 Å². The minimum Gasteiger partial charge on any atom is -0.480 e. The molecule has 0 heterocycles. The van der Waals surface area contributed by atoms with E-state index in [0.717, 1.165) is 0 Å². The number of hydrogen-bond donors (Lipinski definition) is 9. The van der Waals surface area contributed by atoms with Crippen LogP contribution in [0.4, 0.5) is 0 Å². The summed E-state index contributed by atoms with van der Waals surface area (Å²) in [5, 5.41) is 25.1. The molecule has 0 aromatic rings. The predicted molar refractivity (Wildman–Crippen MR) is 113 cm³/mol. The van der Waals surface area contributed by atoms with Gasteiger partial charge in [-0.15, -0.1) is 0 Å². The van der Waals surface area contributed by atoms with E-state index in [1.54, 1.807) is 0 Å². The Labute approximate surface area is 184 Å². The molecule has 0 bridgehead atoms.